The number of likely N-dealkylation sites (tertiary alicyclic amines) is 1. The van der Waals surface area contributed by atoms with E-state index in [0.29, 0.717) is 5.92 Å². The summed E-state index contributed by atoms with van der Waals surface area (Å²) < 4.78 is 0. The molecule has 1 saturated heterocycles. The molecule has 1 fully saturated rings. The van der Waals surface area contributed by atoms with E-state index < -0.39 is 0 Å². The van der Waals surface area contributed by atoms with Crippen molar-refractivity contribution in [1.29, 1.82) is 0 Å². The van der Waals surface area contributed by atoms with Crippen LogP contribution in [0.3, 0.4) is 0 Å². The van der Waals surface area contributed by atoms with Gasteiger partial charge in [-0.2, -0.15) is 0 Å². The van der Waals surface area contributed by atoms with Crippen LogP contribution in [-0.4, -0.2) is 24.5 Å². The maximum absolute atomic E-state index is 3.72. The van der Waals surface area contributed by atoms with Crippen LogP contribution < -0.4 is 0 Å². The van der Waals surface area contributed by atoms with E-state index in [-0.39, 0.29) is 0 Å². The van der Waals surface area contributed by atoms with Crippen LogP contribution in [0.1, 0.15) is 20.3 Å². The van der Waals surface area contributed by atoms with E-state index in [0.717, 1.165) is 26.1 Å². The standard InChI is InChI=1S/C13H19N/c1-5-12-7-13(6-2)10-14(9-12)8-11(3)4/h11H,1-2,7-10H2,3-4H3. The Balaban J connectivity index is 2.70. The number of nitrogens with zero attached hydrogens (tertiary/aromatic N) is 1. The van der Waals surface area contributed by atoms with E-state index in [1.165, 1.54) is 11.1 Å². The van der Waals surface area contributed by atoms with Crippen LogP contribution >= 0.6 is 0 Å². The summed E-state index contributed by atoms with van der Waals surface area (Å²) >= 11 is 0. The van der Waals surface area contributed by atoms with Crippen molar-refractivity contribution >= 4 is 0 Å². The molecule has 0 radical (unpaired) electrons. The Labute approximate surface area is 87.1 Å². The van der Waals surface area contributed by atoms with Gasteiger partial charge in [-0.15, -0.1) is 11.5 Å². The van der Waals surface area contributed by atoms with Gasteiger partial charge < -0.3 is 0 Å². The van der Waals surface area contributed by atoms with Crippen molar-refractivity contribution in [2.75, 3.05) is 19.6 Å². The van der Waals surface area contributed by atoms with Gasteiger partial charge in [-0.3, -0.25) is 4.90 Å². The predicted molar refractivity (Wildman–Crippen MR) is 61.2 cm³/mol. The third-order valence-electron chi connectivity index (χ3n) is 2.38. The van der Waals surface area contributed by atoms with Crippen molar-refractivity contribution in [2.45, 2.75) is 20.3 Å². The summed E-state index contributed by atoms with van der Waals surface area (Å²) in [6, 6.07) is 0. The van der Waals surface area contributed by atoms with E-state index in [2.05, 4.69) is 43.4 Å². The highest BCUT2D eigenvalue weighted by Gasteiger charge is 2.17. The van der Waals surface area contributed by atoms with Gasteiger partial charge in [-0.05, 0) is 17.1 Å². The fraction of sp³-hybridized carbons (Fsp3) is 0.538. The number of hydrogen-bond acceptors (Lipinski definition) is 1. The van der Waals surface area contributed by atoms with Gasteiger partial charge in [0.25, 0.3) is 0 Å². The monoisotopic (exact) mass is 189 g/mol. The summed E-state index contributed by atoms with van der Waals surface area (Å²) in [7, 11) is 0. The minimum Gasteiger partial charge on any atom is -0.294 e. The molecule has 0 aromatic rings. The molecular weight excluding hydrogens is 170 g/mol. The third kappa shape index (κ3) is 3.05. The van der Waals surface area contributed by atoms with Gasteiger partial charge in [0.15, 0.2) is 0 Å². The molecule has 0 spiro atoms. The largest absolute Gasteiger partial charge is 0.294 e. The first kappa shape index (κ1) is 11.1. The molecule has 1 rings (SSSR count). The molecule has 1 aliphatic rings. The highest BCUT2D eigenvalue weighted by atomic mass is 15.1. The van der Waals surface area contributed by atoms with Crippen LogP contribution in [0.25, 0.3) is 0 Å². The molecule has 0 saturated carbocycles. The van der Waals surface area contributed by atoms with Gasteiger partial charge in [0.05, 0.1) is 0 Å². The van der Waals surface area contributed by atoms with Crippen LogP contribution in [0, 0.1) is 5.92 Å². The maximum Gasteiger partial charge on any atom is 0.0275 e. The fourth-order valence-corrected chi connectivity index (χ4v) is 1.85. The Morgan fingerprint density at radius 1 is 1.21 bits per heavy atom. The Hall–Kier alpha value is -1.00. The second-order valence-electron chi connectivity index (χ2n) is 4.30. The van der Waals surface area contributed by atoms with E-state index in [9.17, 15) is 0 Å². The normalized spacial score (nSPS) is 18.2. The van der Waals surface area contributed by atoms with E-state index in [1.807, 2.05) is 0 Å². The van der Waals surface area contributed by atoms with Gasteiger partial charge in [-0.25, -0.2) is 0 Å². The van der Waals surface area contributed by atoms with Crippen molar-refractivity contribution in [2.24, 2.45) is 5.92 Å². The molecule has 1 aliphatic heterocycles. The Bertz CT molecular complexity index is 273. The molecule has 0 N–H and O–H groups in total. The minimum atomic E-state index is 0.699. The maximum atomic E-state index is 3.72. The predicted octanol–water partition coefficient (Wildman–Crippen LogP) is 2.77. The van der Waals surface area contributed by atoms with E-state index in [1.54, 1.807) is 0 Å². The van der Waals surface area contributed by atoms with Crippen molar-refractivity contribution in [3.05, 3.63) is 35.8 Å². The summed E-state index contributed by atoms with van der Waals surface area (Å²) in [4.78, 5) is 2.41. The zero-order chi connectivity index (χ0) is 10.6. The van der Waals surface area contributed by atoms with Gasteiger partial charge in [0.2, 0.25) is 0 Å². The molecule has 76 valence electrons. The molecule has 0 aromatic heterocycles. The zero-order valence-electron chi connectivity index (χ0n) is 9.27. The minimum absolute atomic E-state index is 0.699. The molecule has 0 aromatic carbocycles. The number of rotatable bonds is 2. The molecular formula is C13H19N. The molecule has 0 bridgehead atoms. The lowest BCUT2D eigenvalue weighted by Crippen LogP contribution is -2.35. The molecule has 1 heteroatoms. The topological polar surface area (TPSA) is 3.24 Å². The summed E-state index contributed by atoms with van der Waals surface area (Å²) in [5.41, 5.74) is 8.55. The molecule has 0 unspecified atom stereocenters. The van der Waals surface area contributed by atoms with Gasteiger partial charge >= 0.3 is 0 Å². The van der Waals surface area contributed by atoms with Crippen LogP contribution in [0.5, 0.6) is 0 Å². The van der Waals surface area contributed by atoms with Crippen molar-refractivity contribution in [3.8, 4) is 0 Å². The summed E-state index contributed by atoms with van der Waals surface area (Å²) in [5.74, 6) is 0.699. The highest BCUT2D eigenvalue weighted by Crippen LogP contribution is 2.19. The Kier molecular flexibility index (Phi) is 3.98. The highest BCUT2D eigenvalue weighted by molar-refractivity contribution is 5.20. The second-order valence-corrected chi connectivity index (χ2v) is 4.30. The third-order valence-corrected chi connectivity index (χ3v) is 2.38. The quantitative estimate of drug-likeness (QED) is 0.604. The van der Waals surface area contributed by atoms with Crippen molar-refractivity contribution in [3.63, 3.8) is 0 Å². The average Bonchev–Trinajstić information content (AvgIpc) is 2.16. The van der Waals surface area contributed by atoms with Gasteiger partial charge in [0.1, 0.15) is 0 Å². The first-order chi connectivity index (χ1) is 6.65. The van der Waals surface area contributed by atoms with Crippen LogP contribution in [0.2, 0.25) is 0 Å². The van der Waals surface area contributed by atoms with Gasteiger partial charge in [0, 0.05) is 26.1 Å². The molecule has 1 nitrogen and oxygen atoms in total. The van der Waals surface area contributed by atoms with Crippen molar-refractivity contribution in [1.82, 2.24) is 4.90 Å². The molecule has 0 amide bonds. The van der Waals surface area contributed by atoms with E-state index >= 15 is 0 Å². The van der Waals surface area contributed by atoms with E-state index in [4.69, 9.17) is 0 Å². The van der Waals surface area contributed by atoms with Crippen LogP contribution in [0.15, 0.2) is 35.8 Å². The summed E-state index contributed by atoms with van der Waals surface area (Å²) in [6.07, 6.45) is 0.960. The fourth-order valence-electron chi connectivity index (χ4n) is 1.85. The smallest absolute Gasteiger partial charge is 0.0275 e. The lowest BCUT2D eigenvalue weighted by atomic mass is 10.00. The Morgan fingerprint density at radius 2 is 1.71 bits per heavy atom. The van der Waals surface area contributed by atoms with Crippen LogP contribution in [0.4, 0.5) is 0 Å². The van der Waals surface area contributed by atoms with Crippen LogP contribution in [-0.2, 0) is 0 Å². The number of hydrogen-bond donors (Lipinski definition) is 0. The first-order valence-corrected chi connectivity index (χ1v) is 5.13. The lowest BCUT2D eigenvalue weighted by Gasteiger charge is -2.30. The Morgan fingerprint density at radius 3 is 2.07 bits per heavy atom. The lowest BCUT2D eigenvalue weighted by molar-refractivity contribution is 0.267. The SMILES string of the molecule is C=C=C1CC(=C=C)CN(CC(C)C)C1. The number of piperidine rings is 1. The summed E-state index contributed by atoms with van der Waals surface area (Å²) in [6.45, 7) is 15.0. The second kappa shape index (κ2) is 5.02. The average molecular weight is 189 g/mol. The molecule has 0 atom stereocenters. The molecule has 1 heterocycles. The first-order valence-electron chi connectivity index (χ1n) is 5.13. The molecule has 14 heavy (non-hydrogen) atoms. The molecule has 0 aliphatic carbocycles. The van der Waals surface area contributed by atoms with Gasteiger partial charge in [-0.1, -0.05) is 27.0 Å². The van der Waals surface area contributed by atoms with Crippen molar-refractivity contribution < 1.29 is 0 Å². The summed E-state index contributed by atoms with van der Waals surface area (Å²) in [5, 5.41) is 0. The zero-order valence-corrected chi connectivity index (χ0v) is 9.27.